The number of benzene rings is 2. The molecule has 128 valence electrons. The topological polar surface area (TPSA) is 39.9 Å². The van der Waals surface area contributed by atoms with Crippen molar-refractivity contribution >= 4 is 35.0 Å². The normalized spacial score (nSPS) is 11.1. The average Bonchev–Trinajstić information content (AvgIpc) is 3.05. The summed E-state index contributed by atoms with van der Waals surface area (Å²) in [7, 11) is 0. The monoisotopic (exact) mass is 391 g/mol. The molecule has 0 amide bonds. The summed E-state index contributed by atoms with van der Waals surface area (Å²) in [5, 5.41) is 9.91. The van der Waals surface area contributed by atoms with E-state index < -0.39 is 0 Å². The van der Waals surface area contributed by atoms with Crippen LogP contribution < -0.4 is 4.74 Å². The minimum atomic E-state index is 0.261. The minimum Gasteiger partial charge on any atom is -0.484 e. The molecule has 0 bridgehead atoms. The first-order valence-corrected chi connectivity index (χ1v) is 9.34. The van der Waals surface area contributed by atoms with E-state index in [1.54, 1.807) is 17.8 Å². The van der Waals surface area contributed by atoms with Gasteiger partial charge in [-0.1, -0.05) is 71.4 Å². The van der Waals surface area contributed by atoms with Gasteiger partial charge in [-0.15, -0.1) is 10.2 Å². The number of para-hydroxylation sites is 2. The van der Waals surface area contributed by atoms with Crippen LogP contribution in [-0.2, 0) is 6.61 Å². The van der Waals surface area contributed by atoms with Crippen LogP contribution in [0.3, 0.4) is 0 Å². The summed E-state index contributed by atoms with van der Waals surface area (Å²) < 4.78 is 7.80. The number of thioether (sulfide) groups is 1. The van der Waals surface area contributed by atoms with Gasteiger partial charge in [0.05, 0.1) is 5.02 Å². The molecule has 0 unspecified atom stereocenters. The number of nitrogens with zero attached hydrogens (tertiary/aromatic N) is 3. The van der Waals surface area contributed by atoms with Gasteiger partial charge < -0.3 is 4.74 Å². The molecule has 7 heteroatoms. The van der Waals surface area contributed by atoms with Crippen molar-refractivity contribution in [3.05, 3.63) is 77.1 Å². The van der Waals surface area contributed by atoms with Crippen LogP contribution in [0.2, 0.25) is 5.02 Å². The molecule has 3 rings (SSSR count). The highest BCUT2D eigenvalue weighted by atomic mass is 35.5. The summed E-state index contributed by atoms with van der Waals surface area (Å²) in [5.74, 6) is 2.02. The summed E-state index contributed by atoms with van der Waals surface area (Å²) in [5.41, 5.74) is 2.47. The Balaban J connectivity index is 1.87. The summed E-state index contributed by atoms with van der Waals surface area (Å²) in [6.45, 7) is 0.261. The van der Waals surface area contributed by atoms with Crippen molar-refractivity contribution in [2.45, 2.75) is 11.8 Å². The van der Waals surface area contributed by atoms with E-state index in [2.05, 4.69) is 10.2 Å². The molecule has 0 spiro atoms. The highest BCUT2D eigenvalue weighted by Crippen LogP contribution is 2.26. The Kier molecular flexibility index (Phi) is 6.39. The van der Waals surface area contributed by atoms with Gasteiger partial charge in [-0.25, -0.2) is 0 Å². The average molecular weight is 392 g/mol. The summed E-state index contributed by atoms with van der Waals surface area (Å²) in [4.78, 5) is 0. The van der Waals surface area contributed by atoms with Crippen LogP contribution in [0.1, 0.15) is 5.82 Å². The van der Waals surface area contributed by atoms with Gasteiger partial charge in [0, 0.05) is 17.0 Å². The Morgan fingerprint density at radius 2 is 1.80 bits per heavy atom. The number of ether oxygens (including phenoxy) is 1. The van der Waals surface area contributed by atoms with Crippen LogP contribution >= 0.6 is 35.0 Å². The molecule has 2 aromatic carbocycles. The number of hydrogen-bond acceptors (Lipinski definition) is 4. The SMILES string of the molecule is Cl/C=C/CSc1nnc(COc2ccccc2Cl)n1-c1ccccc1. The van der Waals surface area contributed by atoms with Crippen molar-refractivity contribution in [2.24, 2.45) is 0 Å². The number of hydrogen-bond donors (Lipinski definition) is 0. The third kappa shape index (κ3) is 4.57. The van der Waals surface area contributed by atoms with Crippen LogP contribution in [0.5, 0.6) is 5.75 Å². The molecular weight excluding hydrogens is 377 g/mol. The standard InChI is InChI=1S/C18H15Cl2N3OS/c19-11-6-12-25-18-22-21-17(23(18)14-7-2-1-3-8-14)13-24-16-10-5-4-9-15(16)20/h1-11H,12-13H2/b11-6+. The Hall–Kier alpha value is -1.95. The lowest BCUT2D eigenvalue weighted by Crippen LogP contribution is -2.06. The van der Waals surface area contributed by atoms with Crippen molar-refractivity contribution in [3.63, 3.8) is 0 Å². The van der Waals surface area contributed by atoms with Gasteiger partial charge in [0.2, 0.25) is 0 Å². The van der Waals surface area contributed by atoms with E-state index in [9.17, 15) is 0 Å². The van der Waals surface area contributed by atoms with Gasteiger partial charge >= 0.3 is 0 Å². The van der Waals surface area contributed by atoms with Gasteiger partial charge in [0.25, 0.3) is 0 Å². The smallest absolute Gasteiger partial charge is 0.196 e. The van der Waals surface area contributed by atoms with Gasteiger partial charge in [0.15, 0.2) is 11.0 Å². The van der Waals surface area contributed by atoms with E-state index in [1.165, 1.54) is 5.54 Å². The fraction of sp³-hybridized carbons (Fsp3) is 0.111. The third-order valence-electron chi connectivity index (χ3n) is 3.31. The molecular formula is C18H15Cl2N3OS. The number of aromatic nitrogens is 3. The first kappa shape index (κ1) is 17.9. The van der Waals surface area contributed by atoms with Gasteiger partial charge in [-0.05, 0) is 24.3 Å². The summed E-state index contributed by atoms with van der Waals surface area (Å²) in [6, 6.07) is 17.3. The third-order valence-corrected chi connectivity index (χ3v) is 4.68. The van der Waals surface area contributed by atoms with Crippen molar-refractivity contribution < 1.29 is 4.74 Å². The molecule has 0 aliphatic carbocycles. The molecule has 1 aromatic heterocycles. The molecule has 0 aliphatic rings. The summed E-state index contributed by atoms with van der Waals surface area (Å²) in [6.07, 6.45) is 1.86. The summed E-state index contributed by atoms with van der Waals surface area (Å²) >= 11 is 13.3. The van der Waals surface area contributed by atoms with Crippen LogP contribution in [0.4, 0.5) is 0 Å². The molecule has 0 aliphatic heterocycles. The van der Waals surface area contributed by atoms with E-state index >= 15 is 0 Å². The second kappa shape index (κ2) is 8.94. The van der Waals surface area contributed by atoms with Gasteiger partial charge in [-0.3, -0.25) is 4.57 Å². The highest BCUT2D eigenvalue weighted by molar-refractivity contribution is 7.99. The van der Waals surface area contributed by atoms with Crippen molar-refractivity contribution in [1.29, 1.82) is 0 Å². The van der Waals surface area contributed by atoms with E-state index in [0.717, 1.165) is 10.8 Å². The molecule has 0 saturated heterocycles. The van der Waals surface area contributed by atoms with Crippen LogP contribution in [0.15, 0.2) is 71.4 Å². The molecule has 0 atom stereocenters. The lowest BCUT2D eigenvalue weighted by Gasteiger charge is -2.11. The van der Waals surface area contributed by atoms with Gasteiger partial charge in [-0.2, -0.15) is 0 Å². The lowest BCUT2D eigenvalue weighted by molar-refractivity contribution is 0.293. The molecule has 0 saturated carbocycles. The minimum absolute atomic E-state index is 0.261. The molecule has 0 radical (unpaired) electrons. The van der Waals surface area contributed by atoms with Crippen LogP contribution in [-0.4, -0.2) is 20.5 Å². The Labute approximate surface area is 160 Å². The number of halogens is 2. The maximum Gasteiger partial charge on any atom is 0.196 e. The fourth-order valence-electron chi connectivity index (χ4n) is 2.19. The van der Waals surface area contributed by atoms with Crippen LogP contribution in [0, 0.1) is 0 Å². The molecule has 0 fully saturated rings. The molecule has 25 heavy (non-hydrogen) atoms. The molecule has 1 heterocycles. The Bertz CT molecular complexity index is 853. The zero-order chi connectivity index (χ0) is 17.5. The van der Waals surface area contributed by atoms with Crippen molar-refractivity contribution in [1.82, 2.24) is 14.8 Å². The van der Waals surface area contributed by atoms with Crippen molar-refractivity contribution in [3.8, 4) is 11.4 Å². The fourth-order valence-corrected chi connectivity index (χ4v) is 3.35. The highest BCUT2D eigenvalue weighted by Gasteiger charge is 2.15. The van der Waals surface area contributed by atoms with Crippen LogP contribution in [0.25, 0.3) is 5.69 Å². The largest absolute Gasteiger partial charge is 0.484 e. The quantitative estimate of drug-likeness (QED) is 0.509. The van der Waals surface area contributed by atoms with Crippen molar-refractivity contribution in [2.75, 3.05) is 5.75 Å². The zero-order valence-electron chi connectivity index (χ0n) is 13.2. The first-order valence-electron chi connectivity index (χ1n) is 7.54. The second-order valence-electron chi connectivity index (χ2n) is 4.96. The first-order chi connectivity index (χ1) is 12.3. The molecule has 4 nitrogen and oxygen atoms in total. The van der Waals surface area contributed by atoms with E-state index in [0.29, 0.717) is 22.3 Å². The Morgan fingerprint density at radius 3 is 2.56 bits per heavy atom. The number of rotatable bonds is 7. The zero-order valence-corrected chi connectivity index (χ0v) is 15.5. The maximum absolute atomic E-state index is 6.14. The molecule has 3 aromatic rings. The Morgan fingerprint density at radius 1 is 1.04 bits per heavy atom. The van der Waals surface area contributed by atoms with E-state index in [4.69, 9.17) is 27.9 Å². The predicted octanol–water partition coefficient (Wildman–Crippen LogP) is 5.34. The lowest BCUT2D eigenvalue weighted by atomic mass is 10.3. The second-order valence-corrected chi connectivity index (χ2v) is 6.61. The van der Waals surface area contributed by atoms with E-state index in [1.807, 2.05) is 59.2 Å². The van der Waals surface area contributed by atoms with E-state index in [-0.39, 0.29) is 6.61 Å². The van der Waals surface area contributed by atoms with Gasteiger partial charge in [0.1, 0.15) is 12.4 Å². The maximum atomic E-state index is 6.14. The molecule has 0 N–H and O–H groups in total. The predicted molar refractivity (Wildman–Crippen MR) is 103 cm³/mol.